The van der Waals surface area contributed by atoms with Crippen LogP contribution >= 0.6 is 0 Å². The molecule has 2 unspecified atom stereocenters. The Morgan fingerprint density at radius 2 is 1.85 bits per heavy atom. The predicted octanol–water partition coefficient (Wildman–Crippen LogP) is 1.65. The van der Waals surface area contributed by atoms with Gasteiger partial charge in [-0.05, 0) is 36.6 Å². The third-order valence-corrected chi connectivity index (χ3v) is 6.90. The molecule has 170 valence electrons. The van der Waals surface area contributed by atoms with Crippen LogP contribution in [0.15, 0.2) is 48.5 Å². The second kappa shape index (κ2) is 7.77. The maximum Gasteiger partial charge on any atom is 0.303 e. The van der Waals surface area contributed by atoms with Crippen molar-refractivity contribution in [3.05, 3.63) is 65.5 Å². The van der Waals surface area contributed by atoms with Crippen molar-refractivity contribution in [2.75, 3.05) is 11.9 Å². The van der Waals surface area contributed by atoms with Crippen molar-refractivity contribution in [1.82, 2.24) is 10.2 Å². The zero-order valence-electron chi connectivity index (χ0n) is 17.6. The molecule has 3 heterocycles. The van der Waals surface area contributed by atoms with Crippen LogP contribution in [0, 0.1) is 17.7 Å². The van der Waals surface area contributed by atoms with Crippen molar-refractivity contribution in [3.8, 4) is 0 Å². The average molecular weight is 451 g/mol. The van der Waals surface area contributed by atoms with Gasteiger partial charge in [0.2, 0.25) is 17.7 Å². The van der Waals surface area contributed by atoms with Gasteiger partial charge in [-0.15, -0.1) is 0 Å². The molecule has 3 aliphatic heterocycles. The third-order valence-electron chi connectivity index (χ3n) is 6.90. The fraction of sp³-hybridized carbons (Fsp3) is 0.333. The molecule has 2 fully saturated rings. The van der Waals surface area contributed by atoms with Gasteiger partial charge < -0.3 is 10.4 Å². The van der Waals surface area contributed by atoms with Crippen LogP contribution in [0.1, 0.15) is 24.0 Å². The molecule has 1 spiro atoms. The van der Waals surface area contributed by atoms with Crippen molar-refractivity contribution in [2.45, 2.75) is 30.8 Å². The van der Waals surface area contributed by atoms with E-state index in [1.807, 2.05) is 30.3 Å². The van der Waals surface area contributed by atoms with E-state index in [-0.39, 0.29) is 24.9 Å². The average Bonchev–Trinajstić information content (AvgIpc) is 3.37. The van der Waals surface area contributed by atoms with Gasteiger partial charge in [-0.1, -0.05) is 30.3 Å². The summed E-state index contributed by atoms with van der Waals surface area (Å²) in [6.07, 6.45) is 0.275. The Hall–Kier alpha value is -3.59. The Morgan fingerprint density at radius 1 is 1.09 bits per heavy atom. The molecule has 2 saturated heterocycles. The number of fused-ring (bicyclic) bond motifs is 4. The van der Waals surface area contributed by atoms with E-state index >= 15 is 0 Å². The molecule has 4 atom stereocenters. The van der Waals surface area contributed by atoms with Gasteiger partial charge in [-0.3, -0.25) is 29.4 Å². The molecule has 0 aliphatic carbocycles. The maximum absolute atomic E-state index is 14.2. The fourth-order valence-corrected chi connectivity index (χ4v) is 5.47. The second-order valence-electron chi connectivity index (χ2n) is 8.70. The number of carboxylic acid groups (broad SMARTS) is 1. The number of aliphatic carboxylic acids is 1. The first-order valence-corrected chi connectivity index (χ1v) is 10.8. The van der Waals surface area contributed by atoms with Gasteiger partial charge in [0.05, 0.1) is 11.8 Å². The summed E-state index contributed by atoms with van der Waals surface area (Å²) < 4.78 is 14.2. The molecule has 2 aromatic carbocycles. The number of hydrogen-bond acceptors (Lipinski definition) is 5. The number of benzene rings is 2. The van der Waals surface area contributed by atoms with Gasteiger partial charge in [0.15, 0.2) is 0 Å². The number of rotatable bonds is 6. The lowest BCUT2D eigenvalue weighted by Crippen LogP contribution is -2.53. The molecule has 0 bridgehead atoms. The minimum Gasteiger partial charge on any atom is -0.481 e. The normalized spacial score (nSPS) is 27.7. The summed E-state index contributed by atoms with van der Waals surface area (Å²) in [7, 11) is 0. The molecule has 33 heavy (non-hydrogen) atoms. The van der Waals surface area contributed by atoms with Gasteiger partial charge >= 0.3 is 5.97 Å². The summed E-state index contributed by atoms with van der Waals surface area (Å²) in [4.78, 5) is 52.6. The quantitative estimate of drug-likeness (QED) is 0.576. The van der Waals surface area contributed by atoms with Gasteiger partial charge in [-0.25, -0.2) is 4.39 Å². The molecule has 8 nitrogen and oxygen atoms in total. The van der Waals surface area contributed by atoms with Crippen molar-refractivity contribution in [1.29, 1.82) is 0 Å². The topological polar surface area (TPSA) is 116 Å². The monoisotopic (exact) mass is 451 g/mol. The summed E-state index contributed by atoms with van der Waals surface area (Å²) in [5, 5.41) is 15.0. The number of carbonyl (C=O) groups is 4. The van der Waals surface area contributed by atoms with Crippen LogP contribution in [0.5, 0.6) is 0 Å². The first-order valence-electron chi connectivity index (χ1n) is 10.8. The van der Waals surface area contributed by atoms with Crippen molar-refractivity contribution < 1.29 is 28.7 Å². The smallest absolute Gasteiger partial charge is 0.303 e. The summed E-state index contributed by atoms with van der Waals surface area (Å²) in [5.74, 6) is -5.09. The Morgan fingerprint density at radius 3 is 2.58 bits per heavy atom. The molecule has 3 N–H and O–H groups in total. The number of halogens is 1. The van der Waals surface area contributed by atoms with E-state index in [2.05, 4.69) is 10.6 Å². The summed E-state index contributed by atoms with van der Waals surface area (Å²) in [6.45, 7) is 0.147. The molecule has 0 aromatic heterocycles. The predicted molar refractivity (Wildman–Crippen MR) is 114 cm³/mol. The van der Waals surface area contributed by atoms with Gasteiger partial charge in [0.25, 0.3) is 0 Å². The highest BCUT2D eigenvalue weighted by molar-refractivity contribution is 6.15. The lowest BCUT2D eigenvalue weighted by atomic mass is 9.76. The van der Waals surface area contributed by atoms with Crippen LogP contribution in [0.3, 0.4) is 0 Å². The number of amides is 3. The van der Waals surface area contributed by atoms with Gasteiger partial charge in [-0.2, -0.15) is 0 Å². The Balaban J connectivity index is 1.53. The number of carboxylic acids is 1. The van der Waals surface area contributed by atoms with Crippen molar-refractivity contribution in [2.24, 2.45) is 11.8 Å². The molecular formula is C24H22FN3O5. The highest BCUT2D eigenvalue weighted by Crippen LogP contribution is 2.53. The molecule has 0 radical (unpaired) electrons. The number of anilines is 1. The van der Waals surface area contributed by atoms with Crippen molar-refractivity contribution >= 4 is 29.4 Å². The first-order chi connectivity index (χ1) is 15.8. The highest BCUT2D eigenvalue weighted by atomic mass is 19.1. The van der Waals surface area contributed by atoms with Crippen LogP contribution in [-0.4, -0.2) is 46.3 Å². The van der Waals surface area contributed by atoms with Gasteiger partial charge in [0.1, 0.15) is 11.4 Å². The standard InChI is InChI=1S/C24H22FN3O5/c25-14-6-7-16-15(12-14)24(23(33)26-16)20-19(17(27-24)8-9-18(29)30)21(31)28(22(20)32)11-10-13-4-2-1-3-5-13/h1-7,12,17,19-20,27H,8-11H2,(H,26,33)(H,29,30)/t17?,19-,20+,24?/m0/s1. The zero-order valence-corrected chi connectivity index (χ0v) is 17.6. The van der Waals surface area contributed by atoms with Crippen LogP contribution in [0.25, 0.3) is 0 Å². The zero-order chi connectivity index (χ0) is 23.3. The molecule has 0 saturated carbocycles. The number of imide groups is 1. The molecule has 2 aromatic rings. The Labute approximate surface area is 188 Å². The van der Waals surface area contributed by atoms with Crippen molar-refractivity contribution in [3.63, 3.8) is 0 Å². The van der Waals surface area contributed by atoms with Crippen LogP contribution in [-0.2, 0) is 31.1 Å². The first kappa shape index (κ1) is 21.3. The SMILES string of the molecule is O=C(O)CCC1NC2(C(=O)Nc3ccc(F)cc32)[C@H]2C(=O)N(CCc3ccccc3)C(=O)[C@@H]12. The molecule has 9 heteroatoms. The molecule has 5 rings (SSSR count). The molecule has 3 amide bonds. The second-order valence-corrected chi connectivity index (χ2v) is 8.70. The third kappa shape index (κ3) is 3.22. The lowest BCUT2D eigenvalue weighted by molar-refractivity contribution is -0.143. The van der Waals surface area contributed by atoms with E-state index in [0.29, 0.717) is 12.1 Å². The summed E-state index contributed by atoms with van der Waals surface area (Å²) in [5.41, 5.74) is -0.0307. The van der Waals surface area contributed by atoms with E-state index in [9.17, 15) is 28.7 Å². The van der Waals surface area contributed by atoms with E-state index < -0.39 is 52.9 Å². The lowest BCUT2D eigenvalue weighted by Gasteiger charge is -2.29. The maximum atomic E-state index is 14.2. The number of nitrogens with zero attached hydrogens (tertiary/aromatic N) is 1. The van der Waals surface area contributed by atoms with E-state index in [1.54, 1.807) is 0 Å². The summed E-state index contributed by atoms with van der Waals surface area (Å²) in [6, 6.07) is 12.5. The largest absolute Gasteiger partial charge is 0.481 e. The fourth-order valence-electron chi connectivity index (χ4n) is 5.47. The minimum atomic E-state index is -1.63. The molecule has 3 aliphatic rings. The number of hydrogen-bond donors (Lipinski definition) is 3. The highest BCUT2D eigenvalue weighted by Gasteiger charge is 2.70. The Bertz CT molecular complexity index is 1170. The number of carbonyl (C=O) groups excluding carboxylic acids is 3. The number of likely N-dealkylation sites (tertiary alicyclic amines) is 1. The van der Waals surface area contributed by atoms with E-state index in [1.165, 1.54) is 23.1 Å². The van der Waals surface area contributed by atoms with Crippen LogP contribution in [0.4, 0.5) is 10.1 Å². The van der Waals surface area contributed by atoms with Crippen LogP contribution < -0.4 is 10.6 Å². The van der Waals surface area contributed by atoms with E-state index in [0.717, 1.165) is 5.56 Å². The van der Waals surface area contributed by atoms with E-state index in [4.69, 9.17) is 0 Å². The minimum absolute atomic E-state index is 0.0573. The van der Waals surface area contributed by atoms with Crippen LogP contribution in [0.2, 0.25) is 0 Å². The number of nitrogens with one attached hydrogen (secondary N) is 2. The molecular weight excluding hydrogens is 429 g/mol. The van der Waals surface area contributed by atoms with Gasteiger partial charge in [0, 0.05) is 30.3 Å². The summed E-state index contributed by atoms with van der Waals surface area (Å²) >= 11 is 0. The Kier molecular flexibility index (Phi) is 5.01.